The summed E-state index contributed by atoms with van der Waals surface area (Å²) in [5.74, 6) is -4.72. The summed E-state index contributed by atoms with van der Waals surface area (Å²) in [5.41, 5.74) is 8.23. The van der Waals surface area contributed by atoms with E-state index in [2.05, 4.69) is 30.9 Å². The van der Waals surface area contributed by atoms with Crippen molar-refractivity contribution in [2.75, 3.05) is 6.54 Å². The quantitative estimate of drug-likeness (QED) is 0.129. The minimum absolute atomic E-state index is 0.0797. The number of nitrogens with two attached hydrogens (primary N) is 1. The number of imidazole rings is 1. The largest absolute Gasteiger partial charge is 0.481 e. The van der Waals surface area contributed by atoms with Gasteiger partial charge in [0.1, 0.15) is 12.1 Å². The van der Waals surface area contributed by atoms with Gasteiger partial charge in [0.05, 0.1) is 18.9 Å². The number of amides is 3. The third-order valence-corrected chi connectivity index (χ3v) is 5.77. The zero-order chi connectivity index (χ0) is 27.7. The third kappa shape index (κ3) is 7.89. The van der Waals surface area contributed by atoms with Crippen molar-refractivity contribution in [2.45, 2.75) is 43.8 Å². The van der Waals surface area contributed by atoms with Gasteiger partial charge in [-0.3, -0.25) is 19.2 Å². The van der Waals surface area contributed by atoms with Crippen molar-refractivity contribution < 1.29 is 34.2 Å². The molecule has 0 saturated heterocycles. The Morgan fingerprint density at radius 2 is 1.74 bits per heavy atom. The van der Waals surface area contributed by atoms with Crippen LogP contribution in [0.15, 0.2) is 43.0 Å². The van der Waals surface area contributed by atoms with E-state index in [1.54, 1.807) is 6.20 Å². The number of hydrogen-bond acceptors (Lipinski definition) is 7. The molecule has 3 aromatic rings. The van der Waals surface area contributed by atoms with Crippen molar-refractivity contribution in [3.8, 4) is 0 Å². The number of fused-ring (bicyclic) bond motifs is 1. The lowest BCUT2D eigenvalue weighted by molar-refractivity contribution is -0.143. The van der Waals surface area contributed by atoms with Gasteiger partial charge < -0.3 is 41.9 Å². The van der Waals surface area contributed by atoms with Crippen LogP contribution >= 0.6 is 0 Å². The fourth-order valence-electron chi connectivity index (χ4n) is 3.80. The Balaban J connectivity index is 1.67. The average Bonchev–Trinajstić information content (AvgIpc) is 3.54. The summed E-state index contributed by atoms with van der Waals surface area (Å²) < 4.78 is 0. The highest BCUT2D eigenvalue weighted by Gasteiger charge is 2.27. The number of nitrogens with one attached hydrogen (secondary N) is 5. The summed E-state index contributed by atoms with van der Waals surface area (Å²) in [7, 11) is 0. The summed E-state index contributed by atoms with van der Waals surface area (Å²) in [6, 6.07) is 3.88. The van der Waals surface area contributed by atoms with Crippen molar-refractivity contribution in [2.24, 2.45) is 5.73 Å². The van der Waals surface area contributed by atoms with Crippen LogP contribution in [-0.2, 0) is 36.8 Å². The van der Waals surface area contributed by atoms with E-state index in [4.69, 9.17) is 10.8 Å². The second kappa shape index (κ2) is 13.0. The average molecular weight is 528 g/mol. The number of carbonyl (C=O) groups excluding carboxylic acids is 3. The number of nitrogens with zero attached hydrogens (tertiary/aromatic N) is 1. The maximum absolute atomic E-state index is 13.1. The Morgan fingerprint density at radius 3 is 2.42 bits per heavy atom. The fraction of sp³-hybridized carbons (Fsp3) is 0.333. The van der Waals surface area contributed by atoms with Gasteiger partial charge in [-0.2, -0.15) is 0 Å². The summed E-state index contributed by atoms with van der Waals surface area (Å²) in [6.45, 7) is -0.587. The predicted octanol–water partition coefficient (Wildman–Crippen LogP) is -0.961. The molecular weight excluding hydrogens is 498 g/mol. The van der Waals surface area contributed by atoms with Crippen LogP contribution in [0.5, 0.6) is 0 Å². The molecule has 3 atom stereocenters. The van der Waals surface area contributed by atoms with Crippen molar-refractivity contribution in [3.05, 3.63) is 54.2 Å². The van der Waals surface area contributed by atoms with Gasteiger partial charge in [0.15, 0.2) is 0 Å². The van der Waals surface area contributed by atoms with E-state index in [9.17, 15) is 29.1 Å². The lowest BCUT2D eigenvalue weighted by Gasteiger charge is -2.21. The summed E-state index contributed by atoms with van der Waals surface area (Å²) in [4.78, 5) is 70.0. The minimum atomic E-state index is -1.43. The van der Waals surface area contributed by atoms with E-state index in [1.807, 2.05) is 24.3 Å². The molecule has 0 aliphatic carbocycles. The Kier molecular flexibility index (Phi) is 9.54. The second-order valence-electron chi connectivity index (χ2n) is 8.62. The molecule has 0 aliphatic heterocycles. The number of aromatic nitrogens is 3. The monoisotopic (exact) mass is 527 g/mol. The third-order valence-electron chi connectivity index (χ3n) is 5.77. The van der Waals surface area contributed by atoms with Crippen LogP contribution in [0.1, 0.15) is 24.1 Å². The number of H-pyrrole nitrogens is 2. The number of aromatic amines is 2. The van der Waals surface area contributed by atoms with Gasteiger partial charge in [-0.15, -0.1) is 0 Å². The molecule has 3 rings (SSSR count). The minimum Gasteiger partial charge on any atom is -0.481 e. The fourth-order valence-corrected chi connectivity index (χ4v) is 3.80. The Labute approximate surface area is 216 Å². The summed E-state index contributed by atoms with van der Waals surface area (Å²) in [6.07, 6.45) is 4.16. The van der Waals surface area contributed by atoms with Crippen molar-refractivity contribution in [1.82, 2.24) is 30.9 Å². The first-order chi connectivity index (χ1) is 18.1. The van der Waals surface area contributed by atoms with Crippen LogP contribution < -0.4 is 21.7 Å². The lowest BCUT2D eigenvalue weighted by atomic mass is 10.0. The van der Waals surface area contributed by atoms with Crippen molar-refractivity contribution >= 4 is 40.6 Å². The molecule has 3 amide bonds. The maximum atomic E-state index is 13.1. The SMILES string of the molecule is NC(Cc1cnc[nH]1)C(=O)NC(Cc1c[nH]c2ccccc12)C(=O)NCC(=O)NC(CCC(=O)O)C(=O)O. The van der Waals surface area contributed by atoms with Gasteiger partial charge in [-0.25, -0.2) is 9.78 Å². The van der Waals surface area contributed by atoms with Crippen molar-refractivity contribution in [3.63, 3.8) is 0 Å². The van der Waals surface area contributed by atoms with E-state index >= 15 is 0 Å². The predicted molar refractivity (Wildman–Crippen MR) is 134 cm³/mol. The molecule has 1 aromatic carbocycles. The van der Waals surface area contributed by atoms with Crippen LogP contribution in [0.2, 0.25) is 0 Å². The van der Waals surface area contributed by atoms with E-state index in [-0.39, 0.29) is 19.3 Å². The first kappa shape index (κ1) is 27.9. The van der Waals surface area contributed by atoms with Crippen molar-refractivity contribution in [1.29, 1.82) is 0 Å². The molecular formula is C24H29N7O7. The molecule has 202 valence electrons. The molecule has 0 radical (unpaired) electrons. The molecule has 0 saturated carbocycles. The molecule has 14 nitrogen and oxygen atoms in total. The zero-order valence-corrected chi connectivity index (χ0v) is 20.3. The Morgan fingerprint density at radius 1 is 0.974 bits per heavy atom. The number of carboxylic acids is 2. The second-order valence-corrected chi connectivity index (χ2v) is 8.62. The lowest BCUT2D eigenvalue weighted by Crippen LogP contribution is -2.54. The smallest absolute Gasteiger partial charge is 0.326 e. The maximum Gasteiger partial charge on any atom is 0.326 e. The van der Waals surface area contributed by atoms with Crippen LogP contribution in [0.4, 0.5) is 0 Å². The summed E-state index contributed by atoms with van der Waals surface area (Å²) in [5, 5.41) is 26.0. The number of carbonyl (C=O) groups is 5. The molecule has 0 spiro atoms. The van der Waals surface area contributed by atoms with Crippen LogP contribution in [0.3, 0.4) is 0 Å². The van der Waals surface area contributed by atoms with Gasteiger partial charge in [-0.05, 0) is 18.1 Å². The Bertz CT molecular complexity index is 1290. The van der Waals surface area contributed by atoms with E-state index in [1.165, 1.54) is 12.5 Å². The van der Waals surface area contributed by atoms with Gasteiger partial charge in [0.25, 0.3) is 0 Å². The number of para-hydroxylation sites is 1. The molecule has 0 bridgehead atoms. The highest BCUT2D eigenvalue weighted by atomic mass is 16.4. The van der Waals surface area contributed by atoms with Crippen LogP contribution in [0, 0.1) is 0 Å². The molecule has 0 fully saturated rings. The number of rotatable bonds is 14. The van der Waals surface area contributed by atoms with E-state index < -0.39 is 60.8 Å². The first-order valence-corrected chi connectivity index (χ1v) is 11.7. The molecule has 38 heavy (non-hydrogen) atoms. The molecule has 14 heteroatoms. The standard InChI is InChI=1S/C24H29N7O7/c25-16(8-14-10-26-12-29-14)22(35)31-19(7-13-9-27-17-4-2-1-3-15(13)17)23(36)28-11-20(32)30-18(24(37)38)5-6-21(33)34/h1-4,9-10,12,16,18-19,27H,5-8,11,25H2,(H,26,29)(H,28,36)(H,30,32)(H,31,35)(H,33,34)(H,37,38). The molecule has 2 aromatic heterocycles. The number of aliphatic carboxylic acids is 2. The van der Waals surface area contributed by atoms with Crippen LogP contribution in [-0.4, -0.2) is 79.5 Å². The summed E-state index contributed by atoms with van der Waals surface area (Å²) >= 11 is 0. The normalized spacial score (nSPS) is 13.3. The topological polar surface area (TPSA) is 232 Å². The molecule has 3 unspecified atom stereocenters. The number of benzene rings is 1. The Hall–Kier alpha value is -4.72. The molecule has 9 N–H and O–H groups in total. The highest BCUT2D eigenvalue weighted by molar-refractivity contribution is 5.93. The molecule has 0 aliphatic rings. The number of carboxylic acid groups (broad SMARTS) is 2. The van der Waals surface area contributed by atoms with E-state index in [0.29, 0.717) is 5.69 Å². The van der Waals surface area contributed by atoms with Gasteiger partial charge >= 0.3 is 11.9 Å². The first-order valence-electron chi connectivity index (χ1n) is 11.7. The van der Waals surface area contributed by atoms with E-state index in [0.717, 1.165) is 16.5 Å². The van der Waals surface area contributed by atoms with Gasteiger partial charge in [0.2, 0.25) is 17.7 Å². The molecule has 2 heterocycles. The van der Waals surface area contributed by atoms with Gasteiger partial charge in [0, 0.05) is 48.3 Å². The highest BCUT2D eigenvalue weighted by Crippen LogP contribution is 2.19. The van der Waals surface area contributed by atoms with Crippen LogP contribution in [0.25, 0.3) is 10.9 Å². The zero-order valence-electron chi connectivity index (χ0n) is 20.3. The van der Waals surface area contributed by atoms with Gasteiger partial charge in [-0.1, -0.05) is 18.2 Å². The number of hydrogen-bond donors (Lipinski definition) is 8.